The van der Waals surface area contributed by atoms with Crippen LogP contribution < -0.4 is 24.8 Å². The van der Waals surface area contributed by atoms with E-state index in [9.17, 15) is 9.59 Å². The fourth-order valence-electron chi connectivity index (χ4n) is 5.61. The molecule has 1 aliphatic heterocycles. The minimum Gasteiger partial charge on any atom is -0.496 e. The van der Waals surface area contributed by atoms with E-state index >= 15 is 0 Å². The topological polar surface area (TPSA) is 151 Å². The number of ether oxygens (including phenoxy) is 3. The van der Waals surface area contributed by atoms with Crippen LogP contribution in [0.2, 0.25) is 0 Å². The summed E-state index contributed by atoms with van der Waals surface area (Å²) in [6, 6.07) is 10.8. The second kappa shape index (κ2) is 15.5. The average Bonchev–Trinajstić information content (AvgIpc) is 3.70. The van der Waals surface area contributed by atoms with Crippen LogP contribution in [0.4, 0.5) is 0 Å². The third-order valence-electron chi connectivity index (χ3n) is 7.91. The molecule has 0 spiro atoms. The molecular weight excluding hydrogens is 602 g/mol. The van der Waals surface area contributed by atoms with Gasteiger partial charge >= 0.3 is 0 Å². The first-order chi connectivity index (χ1) is 22.7. The Morgan fingerprint density at radius 2 is 1.85 bits per heavy atom. The highest BCUT2D eigenvalue weighted by molar-refractivity contribution is 5.94. The maximum Gasteiger partial charge on any atom is 0.251 e. The Labute approximate surface area is 274 Å². The third-order valence-corrected chi connectivity index (χ3v) is 7.91. The van der Waals surface area contributed by atoms with Gasteiger partial charge in [0.2, 0.25) is 5.91 Å². The van der Waals surface area contributed by atoms with E-state index in [2.05, 4.69) is 36.8 Å². The number of benzene rings is 2. The monoisotopic (exact) mass is 645 g/mol. The Bertz CT molecular complexity index is 1650. The van der Waals surface area contributed by atoms with Gasteiger partial charge in [-0.05, 0) is 55.2 Å². The van der Waals surface area contributed by atoms with Crippen molar-refractivity contribution in [2.24, 2.45) is 5.92 Å². The first kappa shape index (κ1) is 33.4. The van der Waals surface area contributed by atoms with E-state index in [4.69, 9.17) is 19.2 Å². The number of aromatic nitrogens is 6. The molecule has 1 aliphatic rings. The summed E-state index contributed by atoms with van der Waals surface area (Å²) >= 11 is 0. The average molecular weight is 646 g/mol. The van der Waals surface area contributed by atoms with Crippen molar-refractivity contribution in [1.29, 1.82) is 0 Å². The van der Waals surface area contributed by atoms with Crippen LogP contribution in [-0.4, -0.2) is 86.7 Å². The normalized spacial score (nSPS) is 16.8. The molecule has 0 fully saturated rings. The van der Waals surface area contributed by atoms with E-state index < -0.39 is 0 Å². The lowest BCUT2D eigenvalue weighted by molar-refractivity contribution is -0.123. The minimum atomic E-state index is -0.364. The molecule has 2 bridgehead atoms. The van der Waals surface area contributed by atoms with E-state index in [0.29, 0.717) is 67.9 Å². The molecule has 0 saturated carbocycles. The number of aryl methyl sites for hydroxylation is 1. The van der Waals surface area contributed by atoms with Gasteiger partial charge in [0.1, 0.15) is 36.7 Å². The highest BCUT2D eigenvalue weighted by Crippen LogP contribution is 2.29. The van der Waals surface area contributed by atoms with Gasteiger partial charge in [-0.1, -0.05) is 19.9 Å². The Hall–Kier alpha value is -4.98. The predicted octanol–water partition coefficient (Wildman–Crippen LogP) is 2.77. The fourth-order valence-corrected chi connectivity index (χ4v) is 5.61. The van der Waals surface area contributed by atoms with Crippen molar-refractivity contribution in [1.82, 2.24) is 45.1 Å². The lowest BCUT2D eigenvalue weighted by Crippen LogP contribution is -2.42. The number of fused-ring (bicyclic) bond motifs is 3. The van der Waals surface area contributed by atoms with E-state index in [1.165, 1.54) is 6.33 Å². The van der Waals surface area contributed by atoms with Crippen molar-refractivity contribution in [3.63, 3.8) is 0 Å². The van der Waals surface area contributed by atoms with Gasteiger partial charge in [0.25, 0.3) is 5.91 Å². The van der Waals surface area contributed by atoms with E-state index in [0.717, 1.165) is 16.9 Å². The zero-order valence-corrected chi connectivity index (χ0v) is 27.6. The number of rotatable bonds is 7. The molecule has 2 amide bonds. The van der Waals surface area contributed by atoms with Crippen molar-refractivity contribution in [2.45, 2.75) is 52.9 Å². The third kappa shape index (κ3) is 8.64. The number of nitrogens with zero attached hydrogens (tertiary/aromatic N) is 7. The molecular formula is C33H43N9O5. The van der Waals surface area contributed by atoms with Crippen LogP contribution in [-0.2, 0) is 24.4 Å². The predicted molar refractivity (Wildman–Crippen MR) is 173 cm³/mol. The minimum absolute atomic E-state index is 0.0502. The van der Waals surface area contributed by atoms with Crippen LogP contribution in [0.1, 0.15) is 59.4 Å². The van der Waals surface area contributed by atoms with Crippen LogP contribution >= 0.6 is 0 Å². The second-order valence-corrected chi connectivity index (χ2v) is 11.8. The Kier molecular flexibility index (Phi) is 11.0. The molecule has 2 aromatic heterocycles. The van der Waals surface area contributed by atoms with E-state index in [1.807, 2.05) is 32.9 Å². The van der Waals surface area contributed by atoms with Crippen LogP contribution in [0.25, 0.3) is 0 Å². The molecule has 2 aromatic carbocycles. The van der Waals surface area contributed by atoms with Crippen LogP contribution in [0, 0.1) is 12.8 Å². The second-order valence-electron chi connectivity index (χ2n) is 11.8. The standard InChI is InChI=1S/C33H43N9O5/c1-22(2)31-32-37-23(3)39-42(32)13-14-47-29-16-25(8-10-28(29)46-5)33(44)35-11-6-12-40(19-30(43)38-31)17-24-7-9-27(45-4)26(15-24)18-41-21-34-20-36-41/h7-10,15-16,20-22,31H,6,11-14,17-19H2,1-5H3,(H,35,44)(H,38,43)/t31-/m0/s1. The highest BCUT2D eigenvalue weighted by atomic mass is 16.5. The SMILES string of the molecule is COc1ccc(CN2CCCNC(=O)c3ccc(OC)c(c3)OCCn3nc(C)nc3[C@H](C(C)C)NC(=O)C2)cc1Cn1cncn1. The summed E-state index contributed by atoms with van der Waals surface area (Å²) < 4.78 is 20.7. The molecule has 5 rings (SSSR count). The van der Waals surface area contributed by atoms with E-state index in [-0.39, 0.29) is 36.9 Å². The van der Waals surface area contributed by atoms with Gasteiger partial charge in [-0.15, -0.1) is 0 Å². The van der Waals surface area contributed by atoms with Crippen molar-refractivity contribution in [2.75, 3.05) is 40.5 Å². The lowest BCUT2D eigenvalue weighted by atomic mass is 10.0. The Morgan fingerprint density at radius 3 is 2.60 bits per heavy atom. The molecule has 250 valence electrons. The summed E-state index contributed by atoms with van der Waals surface area (Å²) in [7, 11) is 3.20. The molecule has 2 N–H and O–H groups in total. The maximum absolute atomic E-state index is 13.7. The largest absolute Gasteiger partial charge is 0.496 e. The molecule has 14 heteroatoms. The quantitative estimate of drug-likeness (QED) is 0.307. The van der Waals surface area contributed by atoms with Gasteiger partial charge in [-0.3, -0.25) is 14.5 Å². The molecule has 14 nitrogen and oxygen atoms in total. The van der Waals surface area contributed by atoms with Gasteiger partial charge < -0.3 is 24.8 Å². The molecule has 0 aliphatic carbocycles. The summed E-state index contributed by atoms with van der Waals surface area (Å²) in [5.74, 6) is 2.70. The Balaban J connectivity index is 1.41. The molecule has 0 unspecified atom stereocenters. The van der Waals surface area contributed by atoms with Gasteiger partial charge in [-0.2, -0.15) is 10.2 Å². The summed E-state index contributed by atoms with van der Waals surface area (Å²) in [5.41, 5.74) is 2.43. The number of carbonyl (C=O) groups is 2. The number of nitrogens with one attached hydrogen (secondary N) is 2. The van der Waals surface area contributed by atoms with Gasteiger partial charge in [-0.25, -0.2) is 19.3 Å². The van der Waals surface area contributed by atoms with Crippen molar-refractivity contribution >= 4 is 11.8 Å². The lowest BCUT2D eigenvalue weighted by Gasteiger charge is -2.26. The molecule has 3 heterocycles. The van der Waals surface area contributed by atoms with Crippen molar-refractivity contribution < 1.29 is 23.8 Å². The summed E-state index contributed by atoms with van der Waals surface area (Å²) in [6.45, 7) is 8.72. The van der Waals surface area contributed by atoms with E-state index in [1.54, 1.807) is 48.1 Å². The smallest absolute Gasteiger partial charge is 0.251 e. The summed E-state index contributed by atoms with van der Waals surface area (Å²) in [6.07, 6.45) is 3.78. The van der Waals surface area contributed by atoms with Crippen LogP contribution in [0.5, 0.6) is 17.2 Å². The zero-order valence-electron chi connectivity index (χ0n) is 27.6. The van der Waals surface area contributed by atoms with Crippen molar-refractivity contribution in [3.05, 3.63) is 77.4 Å². The molecule has 0 saturated heterocycles. The highest BCUT2D eigenvalue weighted by Gasteiger charge is 2.26. The number of hydrogen-bond acceptors (Lipinski definition) is 10. The van der Waals surface area contributed by atoms with Crippen LogP contribution in [0.15, 0.2) is 49.1 Å². The summed E-state index contributed by atoms with van der Waals surface area (Å²) in [5, 5.41) is 15.0. The number of carbonyl (C=O) groups excluding carboxylic acids is 2. The Morgan fingerprint density at radius 1 is 1.04 bits per heavy atom. The van der Waals surface area contributed by atoms with Gasteiger partial charge in [0.15, 0.2) is 11.5 Å². The molecule has 1 atom stereocenters. The zero-order chi connectivity index (χ0) is 33.3. The molecule has 0 radical (unpaired) electrons. The van der Waals surface area contributed by atoms with Gasteiger partial charge in [0, 0.05) is 30.8 Å². The number of hydrogen-bond donors (Lipinski definition) is 2. The first-order valence-electron chi connectivity index (χ1n) is 15.7. The molecule has 47 heavy (non-hydrogen) atoms. The van der Waals surface area contributed by atoms with Crippen LogP contribution in [0.3, 0.4) is 0 Å². The number of methoxy groups -OCH3 is 2. The fraction of sp³-hybridized carbons (Fsp3) is 0.455. The summed E-state index contributed by atoms with van der Waals surface area (Å²) in [4.78, 5) is 37.5. The first-order valence-corrected chi connectivity index (χ1v) is 15.7. The maximum atomic E-state index is 13.7. The molecule has 4 aromatic rings. The van der Waals surface area contributed by atoms with Gasteiger partial charge in [0.05, 0.1) is 39.9 Å². The van der Waals surface area contributed by atoms with Crippen molar-refractivity contribution in [3.8, 4) is 17.2 Å². The number of amides is 2.